The third-order valence-corrected chi connectivity index (χ3v) is 3.64. The molecule has 9 nitrogen and oxygen atoms in total. The summed E-state index contributed by atoms with van der Waals surface area (Å²) in [5.74, 6) is 4.83. The Morgan fingerprint density at radius 2 is 1.96 bits per heavy atom. The number of anilines is 1. The molecule has 11 heteroatoms. The fourth-order valence-electron chi connectivity index (χ4n) is 1.66. The van der Waals surface area contributed by atoms with E-state index in [1.54, 1.807) is 6.07 Å². The maximum Gasteiger partial charge on any atom is 1.00 e. The maximum absolute atomic E-state index is 11.2. The Morgan fingerprint density at radius 1 is 1.25 bits per heavy atom. The number of pyridine rings is 1. The molecular weight excluding hydrogens is 345 g/mol. The van der Waals surface area contributed by atoms with Gasteiger partial charge in [0.25, 0.3) is 5.91 Å². The number of rotatable bonds is 5. The zero-order chi connectivity index (χ0) is 16.9. The Morgan fingerprint density at radius 3 is 2.54 bits per heavy atom. The van der Waals surface area contributed by atoms with E-state index in [2.05, 4.69) is 15.5 Å². The molecule has 1 heterocycles. The molecule has 0 radical (unpaired) electrons. The van der Waals surface area contributed by atoms with Crippen molar-refractivity contribution < 1.29 is 47.3 Å². The molecule has 2 rings (SSSR count). The molecule has 0 aliphatic carbocycles. The van der Waals surface area contributed by atoms with Crippen LogP contribution in [0.1, 0.15) is 15.9 Å². The van der Waals surface area contributed by atoms with E-state index in [1.807, 2.05) is 5.43 Å². The van der Waals surface area contributed by atoms with Gasteiger partial charge in [-0.25, -0.2) is 19.2 Å². The summed E-state index contributed by atoms with van der Waals surface area (Å²) in [6.45, 7) is 0. The number of hydrazone groups is 1. The van der Waals surface area contributed by atoms with Gasteiger partial charge in [-0.05, 0) is 18.2 Å². The number of nitrogens with zero attached hydrogens (tertiary/aromatic N) is 2. The number of nitrogens with one attached hydrogen (secondary N) is 2. The first kappa shape index (κ1) is 20.2. The predicted octanol–water partition coefficient (Wildman–Crippen LogP) is -2.96. The number of aromatic nitrogens is 1. The average molecular weight is 357 g/mol. The molecule has 4 N–H and O–H groups in total. The minimum atomic E-state index is -4.59. The molecule has 0 bridgehead atoms. The molecule has 0 spiro atoms. The molecule has 0 aliphatic heterocycles. The van der Waals surface area contributed by atoms with Crippen molar-refractivity contribution in [1.82, 2.24) is 10.4 Å². The summed E-state index contributed by atoms with van der Waals surface area (Å²) in [6.07, 6.45) is 2.48. The third kappa shape index (κ3) is 5.37. The molecule has 1 aromatic carbocycles. The molecule has 0 aliphatic rings. The van der Waals surface area contributed by atoms with Gasteiger partial charge in [0.2, 0.25) is 0 Å². The summed E-state index contributed by atoms with van der Waals surface area (Å²) in [4.78, 5) is 14.8. The van der Waals surface area contributed by atoms with Crippen LogP contribution in [0, 0.1) is 0 Å². The largest absolute Gasteiger partial charge is 1.00 e. The number of benzene rings is 1. The summed E-state index contributed by atoms with van der Waals surface area (Å²) in [5.41, 5.74) is 4.94. The van der Waals surface area contributed by atoms with E-state index in [9.17, 15) is 17.8 Å². The molecule has 0 atom stereocenters. The normalized spacial score (nSPS) is 10.9. The van der Waals surface area contributed by atoms with E-state index < -0.39 is 16.0 Å². The van der Waals surface area contributed by atoms with Gasteiger partial charge in [0.05, 0.1) is 16.7 Å². The Labute approximate surface area is 160 Å². The molecule has 0 unspecified atom stereocenters. The van der Waals surface area contributed by atoms with Gasteiger partial charge in [-0.1, -0.05) is 18.2 Å². The van der Waals surface area contributed by atoms with Crippen molar-refractivity contribution in [3.8, 4) is 0 Å². The number of nitrogens with two attached hydrogens (primary N) is 1. The molecule has 1 aromatic heterocycles. The van der Waals surface area contributed by atoms with E-state index in [4.69, 9.17) is 5.84 Å². The van der Waals surface area contributed by atoms with Crippen molar-refractivity contribution >= 4 is 28.1 Å². The van der Waals surface area contributed by atoms with Crippen molar-refractivity contribution in [3.05, 3.63) is 53.7 Å². The summed E-state index contributed by atoms with van der Waals surface area (Å²) in [7, 11) is -4.59. The minimum Gasteiger partial charge on any atom is -0.744 e. The summed E-state index contributed by atoms with van der Waals surface area (Å²) in [6, 6.07) is 8.62. The first-order valence-corrected chi connectivity index (χ1v) is 7.63. The van der Waals surface area contributed by atoms with E-state index in [0.29, 0.717) is 5.82 Å². The Kier molecular flexibility index (Phi) is 7.48. The van der Waals surface area contributed by atoms with Gasteiger partial charge >= 0.3 is 29.6 Å². The second kappa shape index (κ2) is 8.87. The zero-order valence-electron chi connectivity index (χ0n) is 12.6. The van der Waals surface area contributed by atoms with Crippen LogP contribution in [-0.2, 0) is 10.1 Å². The molecule has 2 aromatic rings. The van der Waals surface area contributed by atoms with Crippen molar-refractivity contribution in [1.29, 1.82) is 0 Å². The topological polar surface area (TPSA) is 150 Å². The molecule has 24 heavy (non-hydrogen) atoms. The van der Waals surface area contributed by atoms with Crippen molar-refractivity contribution in [3.63, 3.8) is 0 Å². The number of amides is 1. The van der Waals surface area contributed by atoms with Crippen LogP contribution < -0.4 is 46.3 Å². The van der Waals surface area contributed by atoms with Gasteiger partial charge in [0.1, 0.15) is 15.9 Å². The molecule has 0 saturated carbocycles. The number of hydrogen-bond donors (Lipinski definition) is 3. The number of carbonyl (C=O) groups excluding carboxylic acids is 1. The smallest absolute Gasteiger partial charge is 0.744 e. The molecular formula is C13H12N5NaO4S. The number of hydrazine groups is 1. The van der Waals surface area contributed by atoms with Crippen LogP contribution >= 0.6 is 0 Å². The molecule has 1 amide bonds. The molecule has 0 fully saturated rings. The van der Waals surface area contributed by atoms with Crippen molar-refractivity contribution in [2.45, 2.75) is 4.90 Å². The van der Waals surface area contributed by atoms with E-state index in [-0.39, 0.29) is 45.6 Å². The van der Waals surface area contributed by atoms with E-state index in [1.165, 1.54) is 42.7 Å². The van der Waals surface area contributed by atoms with Crippen LogP contribution in [0.15, 0.2) is 52.6 Å². The van der Waals surface area contributed by atoms with Gasteiger partial charge in [0.15, 0.2) is 0 Å². The van der Waals surface area contributed by atoms with Crippen LogP contribution in [0.3, 0.4) is 0 Å². The number of hydrogen-bond acceptors (Lipinski definition) is 8. The van der Waals surface area contributed by atoms with Crippen LogP contribution in [-0.4, -0.2) is 30.1 Å². The van der Waals surface area contributed by atoms with Crippen LogP contribution in [0.4, 0.5) is 5.82 Å². The van der Waals surface area contributed by atoms with Crippen LogP contribution in [0.25, 0.3) is 0 Å². The average Bonchev–Trinajstić information content (AvgIpc) is 2.54. The van der Waals surface area contributed by atoms with Crippen LogP contribution in [0.2, 0.25) is 0 Å². The Balaban J connectivity index is 0.00000288. The first-order chi connectivity index (χ1) is 10.9. The number of carbonyl (C=O) groups is 1. The fraction of sp³-hybridized carbons (Fsp3) is 0. The summed E-state index contributed by atoms with van der Waals surface area (Å²) < 4.78 is 33.4. The predicted molar refractivity (Wildman–Crippen MR) is 81.5 cm³/mol. The summed E-state index contributed by atoms with van der Waals surface area (Å²) >= 11 is 0. The van der Waals surface area contributed by atoms with Crippen molar-refractivity contribution in [2.24, 2.45) is 10.9 Å². The summed E-state index contributed by atoms with van der Waals surface area (Å²) in [5, 5.41) is 3.81. The second-order valence-electron chi connectivity index (χ2n) is 4.27. The SMILES string of the molecule is NNC(=O)c1ccc(N/N=C/c2ccccc2S(=O)(=O)[O-])nc1.[Na+]. The first-order valence-electron chi connectivity index (χ1n) is 6.23. The fourth-order valence-corrected chi connectivity index (χ4v) is 2.32. The molecule has 0 saturated heterocycles. The second-order valence-corrected chi connectivity index (χ2v) is 5.62. The number of nitrogen functional groups attached to an aromatic ring is 1. The van der Waals surface area contributed by atoms with Crippen molar-refractivity contribution in [2.75, 3.05) is 5.43 Å². The Bertz CT molecular complexity index is 840. The van der Waals surface area contributed by atoms with E-state index >= 15 is 0 Å². The monoisotopic (exact) mass is 357 g/mol. The Hall–Kier alpha value is -1.82. The van der Waals surface area contributed by atoms with Gasteiger partial charge in [-0.15, -0.1) is 0 Å². The maximum atomic E-state index is 11.2. The zero-order valence-corrected chi connectivity index (χ0v) is 15.4. The van der Waals surface area contributed by atoms with Gasteiger partial charge in [-0.3, -0.25) is 15.6 Å². The minimum absolute atomic E-state index is 0. The van der Waals surface area contributed by atoms with Gasteiger partial charge < -0.3 is 4.55 Å². The van der Waals surface area contributed by atoms with Crippen LogP contribution in [0.5, 0.6) is 0 Å². The standard InChI is InChI=1S/C13H13N5O4S.Na/c14-17-13(19)10-5-6-12(15-7-10)18-16-8-9-3-1-2-4-11(9)23(20,21)22;/h1-8H,14H2,(H,15,18)(H,17,19)(H,20,21,22);/q;+1/p-1/b16-8+;. The molecule has 120 valence electrons. The van der Waals surface area contributed by atoms with Gasteiger partial charge in [-0.2, -0.15) is 5.10 Å². The quantitative estimate of drug-likeness (QED) is 0.129. The van der Waals surface area contributed by atoms with E-state index in [0.717, 1.165) is 0 Å². The van der Waals surface area contributed by atoms with Gasteiger partial charge in [0, 0.05) is 11.8 Å². The third-order valence-electron chi connectivity index (χ3n) is 2.73.